The Morgan fingerprint density at radius 2 is 1.64 bits per heavy atom. The van der Waals surface area contributed by atoms with E-state index >= 15 is 0 Å². The molecule has 126 valence electrons. The summed E-state index contributed by atoms with van der Waals surface area (Å²) in [5.74, 6) is -0.278. The molecule has 0 fully saturated rings. The molecular weight excluding hydrogens is 357 g/mol. The Kier molecular flexibility index (Phi) is 5.53. The second-order valence-electron chi connectivity index (χ2n) is 5.34. The van der Waals surface area contributed by atoms with E-state index in [1.807, 2.05) is 24.3 Å². The monoisotopic (exact) mass is 371 g/mol. The Morgan fingerprint density at radius 3 is 2.32 bits per heavy atom. The summed E-state index contributed by atoms with van der Waals surface area (Å²) in [5.41, 5.74) is 2.80. The number of hydrogen-bond acceptors (Lipinski definition) is 3. The first-order chi connectivity index (χ1) is 12.1. The number of nitrogens with zero attached hydrogens (tertiary/aromatic N) is 1. The van der Waals surface area contributed by atoms with E-state index in [0.717, 1.165) is 11.3 Å². The molecule has 1 heterocycles. The van der Waals surface area contributed by atoms with Gasteiger partial charge >= 0.3 is 0 Å². The smallest absolute Gasteiger partial charge is 0.274 e. The van der Waals surface area contributed by atoms with Gasteiger partial charge in [-0.3, -0.25) is 4.79 Å². The molecule has 25 heavy (non-hydrogen) atoms. The van der Waals surface area contributed by atoms with Gasteiger partial charge in [-0.05, 0) is 48.0 Å². The molecule has 0 spiro atoms. The summed E-state index contributed by atoms with van der Waals surface area (Å²) < 4.78 is 0. The fourth-order valence-corrected chi connectivity index (χ4v) is 2.53. The predicted octanol–water partition coefficient (Wildman–Crippen LogP) is 5.25. The van der Waals surface area contributed by atoms with Crippen LogP contribution in [0.1, 0.15) is 16.1 Å². The van der Waals surface area contributed by atoms with Crippen molar-refractivity contribution in [2.75, 3.05) is 10.6 Å². The number of anilines is 2. The van der Waals surface area contributed by atoms with Crippen LogP contribution in [0.4, 0.5) is 11.4 Å². The van der Waals surface area contributed by atoms with Crippen LogP contribution >= 0.6 is 23.2 Å². The lowest BCUT2D eigenvalue weighted by Gasteiger charge is -2.09. The van der Waals surface area contributed by atoms with Crippen molar-refractivity contribution in [1.82, 2.24) is 4.98 Å². The van der Waals surface area contributed by atoms with E-state index in [9.17, 15) is 4.79 Å². The zero-order valence-electron chi connectivity index (χ0n) is 13.2. The molecule has 0 radical (unpaired) electrons. The van der Waals surface area contributed by atoms with Gasteiger partial charge < -0.3 is 10.6 Å². The minimum atomic E-state index is -0.278. The van der Waals surface area contributed by atoms with Crippen LogP contribution in [0.25, 0.3) is 0 Å². The highest BCUT2D eigenvalue weighted by molar-refractivity contribution is 6.31. The first-order valence-corrected chi connectivity index (χ1v) is 8.38. The van der Waals surface area contributed by atoms with Gasteiger partial charge in [0.25, 0.3) is 5.91 Å². The van der Waals surface area contributed by atoms with E-state index in [-0.39, 0.29) is 5.91 Å². The van der Waals surface area contributed by atoms with Crippen LogP contribution in [0.5, 0.6) is 0 Å². The minimum absolute atomic E-state index is 0.278. The fourth-order valence-electron chi connectivity index (χ4n) is 2.20. The van der Waals surface area contributed by atoms with E-state index in [0.29, 0.717) is 28.0 Å². The zero-order chi connectivity index (χ0) is 17.6. The molecule has 0 saturated heterocycles. The molecule has 3 rings (SSSR count). The van der Waals surface area contributed by atoms with Crippen LogP contribution in [0.3, 0.4) is 0 Å². The predicted molar refractivity (Wildman–Crippen MR) is 102 cm³/mol. The van der Waals surface area contributed by atoms with Crippen molar-refractivity contribution in [3.8, 4) is 0 Å². The molecule has 4 nitrogen and oxygen atoms in total. The summed E-state index contributed by atoms with van der Waals surface area (Å²) >= 11 is 12.0. The van der Waals surface area contributed by atoms with Crippen LogP contribution in [-0.2, 0) is 6.54 Å². The SMILES string of the molecule is O=C(Nc1ccc(Cl)cc1)c1ccc(NCc2ccccc2Cl)cn1. The van der Waals surface area contributed by atoms with Gasteiger partial charge in [-0.15, -0.1) is 0 Å². The molecule has 6 heteroatoms. The highest BCUT2D eigenvalue weighted by Gasteiger charge is 2.08. The van der Waals surface area contributed by atoms with Crippen molar-refractivity contribution in [1.29, 1.82) is 0 Å². The Morgan fingerprint density at radius 1 is 0.920 bits per heavy atom. The van der Waals surface area contributed by atoms with Crippen LogP contribution in [0, 0.1) is 0 Å². The maximum atomic E-state index is 12.2. The lowest BCUT2D eigenvalue weighted by molar-refractivity contribution is 0.102. The first-order valence-electron chi connectivity index (χ1n) is 7.62. The molecule has 0 aliphatic rings. The fraction of sp³-hybridized carbons (Fsp3) is 0.0526. The van der Waals surface area contributed by atoms with E-state index in [1.54, 1.807) is 42.6 Å². The third-order valence-corrected chi connectivity index (χ3v) is 4.16. The van der Waals surface area contributed by atoms with Gasteiger partial charge in [0.15, 0.2) is 0 Å². The lowest BCUT2D eigenvalue weighted by atomic mass is 10.2. The maximum Gasteiger partial charge on any atom is 0.274 e. The molecule has 0 aliphatic heterocycles. The number of carbonyl (C=O) groups is 1. The number of benzene rings is 2. The average Bonchev–Trinajstić information content (AvgIpc) is 2.63. The van der Waals surface area contributed by atoms with Gasteiger partial charge in [-0.2, -0.15) is 0 Å². The second kappa shape index (κ2) is 8.01. The molecule has 0 bridgehead atoms. The number of aromatic nitrogens is 1. The van der Waals surface area contributed by atoms with Crippen molar-refractivity contribution in [3.63, 3.8) is 0 Å². The van der Waals surface area contributed by atoms with Crippen molar-refractivity contribution < 1.29 is 4.79 Å². The first kappa shape index (κ1) is 17.3. The topological polar surface area (TPSA) is 54.0 Å². The number of nitrogens with one attached hydrogen (secondary N) is 2. The van der Waals surface area contributed by atoms with Crippen LogP contribution in [0.2, 0.25) is 10.0 Å². The third-order valence-electron chi connectivity index (χ3n) is 3.54. The maximum absolute atomic E-state index is 12.2. The van der Waals surface area contributed by atoms with Crippen LogP contribution in [-0.4, -0.2) is 10.9 Å². The molecule has 0 atom stereocenters. The number of carbonyl (C=O) groups excluding carboxylic acids is 1. The number of pyridine rings is 1. The van der Waals surface area contributed by atoms with Crippen LogP contribution < -0.4 is 10.6 Å². The van der Waals surface area contributed by atoms with Gasteiger partial charge in [0.05, 0.1) is 11.9 Å². The summed E-state index contributed by atoms with van der Waals surface area (Å²) in [7, 11) is 0. The number of halogens is 2. The summed E-state index contributed by atoms with van der Waals surface area (Å²) in [5, 5.41) is 7.33. The molecular formula is C19H15Cl2N3O. The lowest BCUT2D eigenvalue weighted by Crippen LogP contribution is -2.13. The average molecular weight is 372 g/mol. The summed E-state index contributed by atoms with van der Waals surface area (Å²) in [6.07, 6.45) is 1.62. The highest BCUT2D eigenvalue weighted by Crippen LogP contribution is 2.17. The molecule has 0 saturated carbocycles. The number of hydrogen-bond donors (Lipinski definition) is 2. The molecule has 3 aromatic rings. The van der Waals surface area contributed by atoms with Gasteiger partial charge in [0.1, 0.15) is 5.69 Å². The quantitative estimate of drug-likeness (QED) is 0.643. The van der Waals surface area contributed by atoms with Crippen LogP contribution in [0.15, 0.2) is 66.9 Å². The number of amides is 1. The van der Waals surface area contributed by atoms with E-state index in [4.69, 9.17) is 23.2 Å². The van der Waals surface area contributed by atoms with Crippen molar-refractivity contribution in [2.45, 2.75) is 6.54 Å². The largest absolute Gasteiger partial charge is 0.380 e. The molecule has 0 unspecified atom stereocenters. The van der Waals surface area contributed by atoms with Crippen molar-refractivity contribution in [3.05, 3.63) is 88.2 Å². The van der Waals surface area contributed by atoms with Crippen molar-refractivity contribution >= 4 is 40.5 Å². The Balaban J connectivity index is 1.60. The van der Waals surface area contributed by atoms with E-state index < -0.39 is 0 Å². The van der Waals surface area contributed by atoms with Gasteiger partial charge in [0, 0.05) is 22.3 Å². The Bertz CT molecular complexity index is 865. The standard InChI is InChI=1S/C19H15Cl2N3O/c20-14-5-7-15(8-6-14)24-19(25)18-10-9-16(12-23-18)22-11-13-3-1-2-4-17(13)21/h1-10,12,22H,11H2,(H,24,25). The van der Waals surface area contributed by atoms with E-state index in [2.05, 4.69) is 15.6 Å². The molecule has 1 aromatic heterocycles. The summed E-state index contributed by atoms with van der Waals surface area (Å²) in [6, 6.07) is 18.0. The zero-order valence-corrected chi connectivity index (χ0v) is 14.7. The summed E-state index contributed by atoms with van der Waals surface area (Å²) in [4.78, 5) is 16.4. The Hall–Kier alpha value is -2.56. The minimum Gasteiger partial charge on any atom is -0.380 e. The highest BCUT2D eigenvalue weighted by atomic mass is 35.5. The normalized spacial score (nSPS) is 10.3. The molecule has 1 amide bonds. The van der Waals surface area contributed by atoms with Gasteiger partial charge in [-0.25, -0.2) is 4.98 Å². The Labute approximate surface area is 155 Å². The van der Waals surface area contributed by atoms with Gasteiger partial charge in [0.2, 0.25) is 0 Å². The summed E-state index contributed by atoms with van der Waals surface area (Å²) in [6.45, 7) is 0.581. The van der Waals surface area contributed by atoms with Crippen molar-refractivity contribution in [2.24, 2.45) is 0 Å². The second-order valence-corrected chi connectivity index (χ2v) is 6.18. The third kappa shape index (κ3) is 4.72. The number of rotatable bonds is 5. The van der Waals surface area contributed by atoms with Gasteiger partial charge in [-0.1, -0.05) is 41.4 Å². The van der Waals surface area contributed by atoms with E-state index in [1.165, 1.54) is 0 Å². The molecule has 2 N–H and O–H groups in total. The molecule has 2 aromatic carbocycles. The molecule has 0 aliphatic carbocycles.